The molecule has 2 aromatic carbocycles. The van der Waals surface area contributed by atoms with Gasteiger partial charge in [-0.3, -0.25) is 4.98 Å². The van der Waals surface area contributed by atoms with Gasteiger partial charge in [0.2, 0.25) is 0 Å². The molecule has 0 aliphatic carbocycles. The SMILES string of the molecule is N/C(=C\C(=Nc1ccccc1Cl)c1ccc(C(=O)OCc2ccncc2)cc1)C(F)(F)F. The normalized spacial score (nSPS) is 12.5. The molecule has 0 aliphatic rings. The molecule has 0 atom stereocenters. The van der Waals surface area contributed by atoms with Crippen LogP contribution in [0.3, 0.4) is 0 Å². The number of carbonyl (C=O) groups is 1. The molecule has 1 aromatic heterocycles. The molecule has 0 saturated heterocycles. The van der Waals surface area contributed by atoms with Crippen molar-refractivity contribution in [2.75, 3.05) is 0 Å². The Morgan fingerprint density at radius 3 is 2.28 bits per heavy atom. The molecule has 164 valence electrons. The van der Waals surface area contributed by atoms with Gasteiger partial charge in [-0.2, -0.15) is 13.2 Å². The molecule has 0 spiro atoms. The van der Waals surface area contributed by atoms with Gasteiger partial charge in [0, 0.05) is 18.0 Å². The predicted octanol–water partition coefficient (Wildman–Crippen LogP) is 5.62. The Labute approximate surface area is 187 Å². The number of nitrogens with zero attached hydrogens (tertiary/aromatic N) is 2. The lowest BCUT2D eigenvalue weighted by molar-refractivity contribution is -0.0925. The number of para-hydroxylation sites is 1. The Kier molecular flexibility index (Phi) is 7.27. The second-order valence-electron chi connectivity index (χ2n) is 6.55. The minimum atomic E-state index is -4.72. The average molecular weight is 460 g/mol. The highest BCUT2D eigenvalue weighted by atomic mass is 35.5. The summed E-state index contributed by atoms with van der Waals surface area (Å²) >= 11 is 6.09. The number of carbonyl (C=O) groups excluding carboxylic acids is 1. The molecule has 1 heterocycles. The maximum atomic E-state index is 13.0. The highest BCUT2D eigenvalue weighted by Gasteiger charge is 2.31. The van der Waals surface area contributed by atoms with Crippen molar-refractivity contribution >= 4 is 29.0 Å². The van der Waals surface area contributed by atoms with Crippen molar-refractivity contribution in [2.24, 2.45) is 10.7 Å². The number of pyridine rings is 1. The summed E-state index contributed by atoms with van der Waals surface area (Å²) in [6.07, 6.45) is -0.839. The molecule has 0 aliphatic heterocycles. The van der Waals surface area contributed by atoms with Gasteiger partial charge in [0.25, 0.3) is 0 Å². The van der Waals surface area contributed by atoms with E-state index in [4.69, 9.17) is 22.1 Å². The van der Waals surface area contributed by atoms with Crippen molar-refractivity contribution in [1.82, 2.24) is 4.98 Å². The van der Waals surface area contributed by atoms with Crippen LogP contribution in [0.4, 0.5) is 18.9 Å². The third-order valence-corrected chi connectivity index (χ3v) is 4.57. The first-order chi connectivity index (χ1) is 15.2. The van der Waals surface area contributed by atoms with Crippen LogP contribution in [0.15, 0.2) is 89.8 Å². The number of hydrogen-bond donors (Lipinski definition) is 1. The number of aliphatic imine (C=N–C) groups is 1. The minimum absolute atomic E-state index is 0.0627. The van der Waals surface area contributed by atoms with E-state index in [1.807, 2.05) is 0 Å². The van der Waals surface area contributed by atoms with E-state index in [9.17, 15) is 18.0 Å². The van der Waals surface area contributed by atoms with E-state index in [1.54, 1.807) is 48.8 Å². The summed E-state index contributed by atoms with van der Waals surface area (Å²) in [6.45, 7) is 0.0627. The summed E-state index contributed by atoms with van der Waals surface area (Å²) in [5, 5.41) is 0.264. The van der Waals surface area contributed by atoms with Gasteiger partial charge < -0.3 is 10.5 Å². The molecular formula is C23H17ClF3N3O2. The predicted molar refractivity (Wildman–Crippen MR) is 116 cm³/mol. The summed E-state index contributed by atoms with van der Waals surface area (Å²) in [5.41, 5.74) is 5.40. The van der Waals surface area contributed by atoms with Crippen molar-refractivity contribution in [3.8, 4) is 0 Å². The first kappa shape index (κ1) is 23.0. The van der Waals surface area contributed by atoms with Crippen molar-refractivity contribution in [3.05, 3.63) is 107 Å². The fourth-order valence-electron chi connectivity index (χ4n) is 2.57. The standard InChI is InChI=1S/C23H17ClF3N3O2/c24-18-3-1-2-4-19(18)30-20(13-21(28)23(25,26)27)16-5-7-17(8-6-16)22(31)32-14-15-9-11-29-12-10-15/h1-13H,14,28H2/b21-13-,30-20?. The van der Waals surface area contributed by atoms with Crippen LogP contribution in [0.2, 0.25) is 5.02 Å². The third-order valence-electron chi connectivity index (χ3n) is 4.25. The summed E-state index contributed by atoms with van der Waals surface area (Å²) in [5.74, 6) is -0.580. The Balaban J connectivity index is 1.87. The monoisotopic (exact) mass is 459 g/mol. The lowest BCUT2D eigenvalue weighted by atomic mass is 10.1. The van der Waals surface area contributed by atoms with Gasteiger partial charge in [0.15, 0.2) is 0 Å². The van der Waals surface area contributed by atoms with Crippen LogP contribution in [-0.4, -0.2) is 22.8 Å². The lowest BCUT2D eigenvalue weighted by Gasteiger charge is -2.10. The van der Waals surface area contributed by atoms with Gasteiger partial charge in [-0.15, -0.1) is 0 Å². The van der Waals surface area contributed by atoms with Crippen LogP contribution in [0, 0.1) is 0 Å². The Hall–Kier alpha value is -3.65. The number of hydrogen-bond acceptors (Lipinski definition) is 5. The van der Waals surface area contributed by atoms with Gasteiger partial charge in [-0.1, -0.05) is 35.9 Å². The van der Waals surface area contributed by atoms with Gasteiger partial charge in [0.05, 0.1) is 22.0 Å². The molecule has 0 unspecified atom stereocenters. The van der Waals surface area contributed by atoms with Gasteiger partial charge in [-0.25, -0.2) is 9.79 Å². The van der Waals surface area contributed by atoms with Crippen molar-refractivity contribution < 1.29 is 22.7 Å². The first-order valence-electron chi connectivity index (χ1n) is 9.28. The maximum absolute atomic E-state index is 13.0. The van der Waals surface area contributed by atoms with Gasteiger partial charge in [0.1, 0.15) is 12.3 Å². The van der Waals surface area contributed by atoms with Crippen LogP contribution in [0.5, 0.6) is 0 Å². The van der Waals surface area contributed by atoms with Crippen LogP contribution < -0.4 is 5.73 Å². The van der Waals surface area contributed by atoms with E-state index in [-0.39, 0.29) is 28.6 Å². The Morgan fingerprint density at radius 1 is 1.03 bits per heavy atom. The van der Waals surface area contributed by atoms with Crippen molar-refractivity contribution in [2.45, 2.75) is 12.8 Å². The average Bonchev–Trinajstić information content (AvgIpc) is 2.78. The molecule has 0 fully saturated rings. The zero-order valence-corrected chi connectivity index (χ0v) is 17.3. The Morgan fingerprint density at radius 2 is 1.66 bits per heavy atom. The second kappa shape index (κ2) is 10.1. The fraction of sp³-hybridized carbons (Fsp3) is 0.0870. The molecule has 0 radical (unpaired) electrons. The van der Waals surface area contributed by atoms with Crippen LogP contribution in [-0.2, 0) is 11.3 Å². The number of aromatic nitrogens is 1. The number of rotatable bonds is 6. The van der Waals surface area contributed by atoms with E-state index >= 15 is 0 Å². The lowest BCUT2D eigenvalue weighted by Crippen LogP contribution is -2.21. The molecule has 9 heteroatoms. The minimum Gasteiger partial charge on any atom is -0.457 e. The summed E-state index contributed by atoms with van der Waals surface area (Å²) in [6, 6.07) is 15.7. The number of halogens is 4. The number of allylic oxidation sites excluding steroid dienone is 2. The van der Waals surface area contributed by atoms with Crippen LogP contribution in [0.1, 0.15) is 21.5 Å². The van der Waals surface area contributed by atoms with E-state index < -0.39 is 17.8 Å². The highest BCUT2D eigenvalue weighted by Crippen LogP contribution is 2.27. The van der Waals surface area contributed by atoms with Crippen LogP contribution in [0.25, 0.3) is 0 Å². The smallest absolute Gasteiger partial charge is 0.430 e. The largest absolute Gasteiger partial charge is 0.457 e. The number of ether oxygens (including phenoxy) is 1. The maximum Gasteiger partial charge on any atom is 0.430 e. The number of benzene rings is 2. The molecule has 0 bridgehead atoms. The second-order valence-corrected chi connectivity index (χ2v) is 6.96. The summed E-state index contributed by atoms with van der Waals surface area (Å²) in [7, 11) is 0. The zero-order chi connectivity index (χ0) is 23.1. The van der Waals surface area contributed by atoms with Crippen molar-refractivity contribution in [1.29, 1.82) is 0 Å². The zero-order valence-electron chi connectivity index (χ0n) is 16.5. The number of esters is 1. The quantitative estimate of drug-likeness (QED) is 0.383. The van der Waals surface area contributed by atoms with E-state index in [0.717, 1.165) is 11.6 Å². The number of nitrogens with two attached hydrogens (primary N) is 1. The molecule has 0 saturated carbocycles. The van der Waals surface area contributed by atoms with Gasteiger partial charge in [-0.05, 0) is 48.0 Å². The van der Waals surface area contributed by atoms with Crippen LogP contribution >= 0.6 is 11.6 Å². The van der Waals surface area contributed by atoms with Crippen molar-refractivity contribution in [3.63, 3.8) is 0 Å². The van der Waals surface area contributed by atoms with E-state index in [2.05, 4.69) is 9.98 Å². The molecular weight excluding hydrogens is 443 g/mol. The molecule has 3 rings (SSSR count). The summed E-state index contributed by atoms with van der Waals surface area (Å²) < 4.78 is 44.2. The first-order valence-corrected chi connectivity index (χ1v) is 9.66. The molecule has 32 heavy (non-hydrogen) atoms. The van der Waals surface area contributed by atoms with E-state index in [1.165, 1.54) is 24.3 Å². The van der Waals surface area contributed by atoms with E-state index in [0.29, 0.717) is 5.56 Å². The third kappa shape index (κ3) is 6.18. The highest BCUT2D eigenvalue weighted by molar-refractivity contribution is 6.33. The fourth-order valence-corrected chi connectivity index (χ4v) is 2.75. The molecule has 3 aromatic rings. The van der Waals surface area contributed by atoms with Gasteiger partial charge >= 0.3 is 12.1 Å². The Bertz CT molecular complexity index is 1150. The molecule has 5 nitrogen and oxygen atoms in total. The summed E-state index contributed by atoms with van der Waals surface area (Å²) in [4.78, 5) is 20.4. The topological polar surface area (TPSA) is 77.6 Å². The molecule has 0 amide bonds. The molecule has 2 N–H and O–H groups in total. The number of alkyl halides is 3.